The Morgan fingerprint density at radius 3 is 2.35 bits per heavy atom. The third kappa shape index (κ3) is 4.56. The number of sulfonamides is 1. The minimum atomic E-state index is -3.94. The van der Waals surface area contributed by atoms with Gasteiger partial charge in [0.25, 0.3) is 10.0 Å². The van der Waals surface area contributed by atoms with Crippen molar-refractivity contribution in [1.29, 1.82) is 0 Å². The van der Waals surface area contributed by atoms with Crippen LogP contribution in [0.2, 0.25) is 0 Å². The SMILES string of the molecule is Cc1cc(S(=O)(=O)N2CC3(CCCCC3)c3cc(-c4ccc(F)c(F)c4)ccc32)ccc1OCC(=O)O. The van der Waals surface area contributed by atoms with E-state index in [0.717, 1.165) is 49.8 Å². The Hall–Kier alpha value is -3.46. The van der Waals surface area contributed by atoms with Crippen molar-refractivity contribution in [2.45, 2.75) is 49.3 Å². The van der Waals surface area contributed by atoms with Crippen LogP contribution in [0.25, 0.3) is 11.1 Å². The van der Waals surface area contributed by atoms with Crippen LogP contribution in [0, 0.1) is 18.6 Å². The molecule has 9 heteroatoms. The monoisotopic (exact) mass is 527 g/mol. The Morgan fingerprint density at radius 1 is 0.973 bits per heavy atom. The van der Waals surface area contributed by atoms with Crippen molar-refractivity contribution in [2.24, 2.45) is 0 Å². The summed E-state index contributed by atoms with van der Waals surface area (Å²) in [6.45, 7) is 1.46. The predicted molar refractivity (Wildman–Crippen MR) is 135 cm³/mol. The molecule has 0 aromatic heterocycles. The van der Waals surface area contributed by atoms with Crippen LogP contribution in [0.1, 0.15) is 43.2 Å². The molecule has 3 aromatic carbocycles. The van der Waals surface area contributed by atoms with Gasteiger partial charge in [0.1, 0.15) is 5.75 Å². The molecule has 1 saturated carbocycles. The van der Waals surface area contributed by atoms with E-state index in [1.165, 1.54) is 28.6 Å². The van der Waals surface area contributed by atoms with Crippen molar-refractivity contribution in [3.05, 3.63) is 77.4 Å². The Kier molecular flexibility index (Phi) is 6.43. The average molecular weight is 528 g/mol. The van der Waals surface area contributed by atoms with Gasteiger partial charge in [-0.2, -0.15) is 0 Å². The van der Waals surface area contributed by atoms with Gasteiger partial charge in [-0.25, -0.2) is 22.0 Å². The predicted octanol–water partition coefficient (Wildman–Crippen LogP) is 5.81. The van der Waals surface area contributed by atoms with Crippen molar-refractivity contribution in [1.82, 2.24) is 0 Å². The summed E-state index contributed by atoms with van der Waals surface area (Å²) in [5, 5.41) is 8.86. The van der Waals surface area contributed by atoms with Crippen molar-refractivity contribution in [2.75, 3.05) is 17.5 Å². The van der Waals surface area contributed by atoms with E-state index in [0.29, 0.717) is 34.7 Å². The second-order valence-electron chi connectivity index (χ2n) is 9.82. The van der Waals surface area contributed by atoms with Crippen LogP contribution in [0.3, 0.4) is 0 Å². The van der Waals surface area contributed by atoms with E-state index in [4.69, 9.17) is 9.84 Å². The molecule has 6 nitrogen and oxygen atoms in total. The summed E-state index contributed by atoms with van der Waals surface area (Å²) in [4.78, 5) is 10.9. The van der Waals surface area contributed by atoms with Crippen molar-refractivity contribution >= 4 is 21.7 Å². The molecule has 2 aliphatic rings. The van der Waals surface area contributed by atoms with E-state index in [1.807, 2.05) is 6.07 Å². The number of hydrogen-bond donors (Lipinski definition) is 1. The van der Waals surface area contributed by atoms with Crippen LogP contribution in [0.5, 0.6) is 5.75 Å². The zero-order valence-electron chi connectivity index (χ0n) is 20.3. The quantitative estimate of drug-likeness (QED) is 0.437. The lowest BCUT2D eigenvalue weighted by molar-refractivity contribution is -0.139. The number of carbonyl (C=O) groups is 1. The lowest BCUT2D eigenvalue weighted by Crippen LogP contribution is -2.38. The number of rotatable bonds is 6. The van der Waals surface area contributed by atoms with Crippen LogP contribution in [0.4, 0.5) is 14.5 Å². The molecule has 0 unspecified atom stereocenters. The molecule has 1 heterocycles. The van der Waals surface area contributed by atoms with E-state index in [2.05, 4.69) is 0 Å². The molecule has 5 rings (SSSR count). The minimum Gasteiger partial charge on any atom is -0.482 e. The Labute approximate surface area is 214 Å². The molecule has 37 heavy (non-hydrogen) atoms. The normalized spacial score (nSPS) is 16.6. The smallest absolute Gasteiger partial charge is 0.341 e. The van der Waals surface area contributed by atoms with E-state index < -0.39 is 34.2 Å². The lowest BCUT2D eigenvalue weighted by Gasteiger charge is -2.34. The molecule has 1 aliphatic carbocycles. The molecule has 3 aromatic rings. The number of halogens is 2. The molecule has 0 saturated heterocycles. The highest BCUT2D eigenvalue weighted by Gasteiger charge is 2.47. The molecule has 0 radical (unpaired) electrons. The van der Waals surface area contributed by atoms with Crippen molar-refractivity contribution < 1.29 is 31.8 Å². The summed E-state index contributed by atoms with van der Waals surface area (Å²) in [5.41, 5.74) is 2.91. The van der Waals surface area contributed by atoms with Crippen LogP contribution in [-0.4, -0.2) is 32.6 Å². The first kappa shape index (κ1) is 25.2. The van der Waals surface area contributed by atoms with Gasteiger partial charge in [-0.1, -0.05) is 31.4 Å². The first-order chi connectivity index (χ1) is 17.6. The second kappa shape index (κ2) is 9.45. The highest BCUT2D eigenvalue weighted by molar-refractivity contribution is 7.92. The minimum absolute atomic E-state index is 0.0937. The molecule has 1 fully saturated rings. The summed E-state index contributed by atoms with van der Waals surface area (Å²) < 4.78 is 61.9. The molecule has 1 spiro atoms. The van der Waals surface area contributed by atoms with E-state index in [-0.39, 0.29) is 10.3 Å². The van der Waals surface area contributed by atoms with Crippen LogP contribution >= 0.6 is 0 Å². The average Bonchev–Trinajstić information content (AvgIpc) is 3.19. The summed E-state index contributed by atoms with van der Waals surface area (Å²) >= 11 is 0. The first-order valence-electron chi connectivity index (χ1n) is 12.2. The van der Waals surface area contributed by atoms with Crippen LogP contribution in [0.15, 0.2) is 59.5 Å². The Bertz CT molecular complexity index is 1480. The number of benzene rings is 3. The maximum Gasteiger partial charge on any atom is 0.341 e. The molecular formula is C28H27F2NO5S. The maximum atomic E-state index is 13.9. The van der Waals surface area contributed by atoms with Crippen molar-refractivity contribution in [3.8, 4) is 16.9 Å². The molecule has 0 atom stereocenters. The van der Waals surface area contributed by atoms with E-state index in [9.17, 15) is 22.0 Å². The highest BCUT2D eigenvalue weighted by atomic mass is 32.2. The fourth-order valence-electron chi connectivity index (χ4n) is 5.56. The number of carboxylic acids is 1. The van der Waals surface area contributed by atoms with Crippen LogP contribution in [-0.2, 0) is 20.2 Å². The zero-order valence-corrected chi connectivity index (χ0v) is 21.2. The van der Waals surface area contributed by atoms with Gasteiger partial charge in [-0.15, -0.1) is 0 Å². The largest absolute Gasteiger partial charge is 0.482 e. The number of aliphatic carboxylic acids is 1. The van der Waals surface area contributed by atoms with Gasteiger partial charge in [0.2, 0.25) is 0 Å². The van der Waals surface area contributed by atoms with Gasteiger partial charge in [-0.3, -0.25) is 4.31 Å². The van der Waals surface area contributed by atoms with E-state index in [1.54, 1.807) is 19.1 Å². The summed E-state index contributed by atoms with van der Waals surface area (Å²) in [7, 11) is -3.94. The van der Waals surface area contributed by atoms with Gasteiger partial charge < -0.3 is 9.84 Å². The number of fused-ring (bicyclic) bond motifs is 2. The number of anilines is 1. The second-order valence-corrected chi connectivity index (χ2v) is 11.7. The fraction of sp³-hybridized carbons (Fsp3) is 0.321. The Balaban J connectivity index is 1.55. The number of carboxylic acid groups (broad SMARTS) is 1. The summed E-state index contributed by atoms with van der Waals surface area (Å²) in [6.07, 6.45) is 4.74. The number of hydrogen-bond acceptors (Lipinski definition) is 4. The third-order valence-electron chi connectivity index (χ3n) is 7.43. The van der Waals surface area contributed by atoms with Gasteiger partial charge in [0, 0.05) is 12.0 Å². The van der Waals surface area contributed by atoms with Gasteiger partial charge >= 0.3 is 5.97 Å². The van der Waals surface area contributed by atoms with E-state index >= 15 is 0 Å². The van der Waals surface area contributed by atoms with Crippen LogP contribution < -0.4 is 9.04 Å². The molecule has 194 valence electrons. The van der Waals surface area contributed by atoms with Crippen molar-refractivity contribution in [3.63, 3.8) is 0 Å². The number of ether oxygens (including phenoxy) is 1. The molecule has 0 bridgehead atoms. The molecular weight excluding hydrogens is 500 g/mol. The molecule has 1 N–H and O–H groups in total. The topological polar surface area (TPSA) is 83.9 Å². The summed E-state index contributed by atoms with van der Waals surface area (Å²) in [6, 6.07) is 13.6. The first-order valence-corrected chi connectivity index (χ1v) is 13.6. The number of nitrogens with zero attached hydrogens (tertiary/aromatic N) is 1. The van der Waals surface area contributed by atoms with Gasteiger partial charge in [-0.05, 0) is 84.5 Å². The third-order valence-corrected chi connectivity index (χ3v) is 9.19. The standard InChI is InChI=1S/C28H27F2NO5S/c1-18-13-21(7-10-26(18)36-16-27(32)33)37(34,35)31-17-28(11-3-2-4-12-28)22-14-19(6-9-25(22)31)20-5-8-23(29)24(30)15-20/h5-10,13-15H,2-4,11-12,16-17H2,1H3,(H,32,33). The van der Waals surface area contributed by atoms with Gasteiger partial charge in [0.15, 0.2) is 18.2 Å². The zero-order chi connectivity index (χ0) is 26.4. The van der Waals surface area contributed by atoms with Gasteiger partial charge in [0.05, 0.1) is 10.6 Å². The number of aryl methyl sites for hydroxylation is 1. The summed E-state index contributed by atoms with van der Waals surface area (Å²) in [5.74, 6) is -2.66. The fourth-order valence-corrected chi connectivity index (χ4v) is 7.22. The molecule has 0 amide bonds. The highest BCUT2D eigenvalue weighted by Crippen LogP contribution is 2.51. The maximum absolute atomic E-state index is 13.9. The molecule has 1 aliphatic heterocycles. The Morgan fingerprint density at radius 2 is 1.68 bits per heavy atom. The lowest BCUT2D eigenvalue weighted by atomic mass is 9.70.